The van der Waals surface area contributed by atoms with Crippen LogP contribution in [0.5, 0.6) is 0 Å². The monoisotopic (exact) mass is 370 g/mol. The molecule has 8 nitrogen and oxygen atoms in total. The lowest BCUT2D eigenvalue weighted by Gasteiger charge is -2.28. The molecule has 0 unspecified atom stereocenters. The molecule has 4 heterocycles. The fraction of sp³-hybridized carbons (Fsp3) is 0.294. The summed E-state index contributed by atoms with van der Waals surface area (Å²) in [6.07, 6.45) is 5.23. The molecule has 1 amide bonds. The predicted octanol–water partition coefficient (Wildman–Crippen LogP) is 2.03. The van der Waals surface area contributed by atoms with Gasteiger partial charge in [0.25, 0.3) is 5.91 Å². The summed E-state index contributed by atoms with van der Waals surface area (Å²) in [5, 5.41) is 5.21. The van der Waals surface area contributed by atoms with Gasteiger partial charge in [-0.25, -0.2) is 9.97 Å². The Hall–Kier alpha value is -2.78. The molecule has 3 aromatic heterocycles. The second-order valence-electron chi connectivity index (χ2n) is 5.85. The zero-order valence-corrected chi connectivity index (χ0v) is 15.1. The summed E-state index contributed by atoms with van der Waals surface area (Å²) in [5.41, 5.74) is 2.07. The maximum absolute atomic E-state index is 12.5. The van der Waals surface area contributed by atoms with Crippen molar-refractivity contribution in [3.8, 4) is 11.5 Å². The van der Waals surface area contributed by atoms with Gasteiger partial charge in [-0.2, -0.15) is 0 Å². The number of nitrogens with zero attached hydrogens (tertiary/aromatic N) is 5. The van der Waals surface area contributed by atoms with E-state index in [0.29, 0.717) is 24.0 Å². The maximum atomic E-state index is 12.5. The highest BCUT2D eigenvalue weighted by Gasteiger charge is 2.16. The average molecular weight is 370 g/mol. The van der Waals surface area contributed by atoms with Gasteiger partial charge >= 0.3 is 0 Å². The van der Waals surface area contributed by atoms with E-state index in [2.05, 4.69) is 25.2 Å². The van der Waals surface area contributed by atoms with E-state index in [1.165, 1.54) is 11.3 Å². The largest absolute Gasteiger partial charge is 0.378 e. The molecule has 1 N–H and O–H groups in total. The van der Waals surface area contributed by atoms with E-state index in [0.717, 1.165) is 30.3 Å². The van der Waals surface area contributed by atoms with E-state index in [9.17, 15) is 4.79 Å². The van der Waals surface area contributed by atoms with Gasteiger partial charge in [-0.1, -0.05) is 0 Å². The van der Waals surface area contributed by atoms with E-state index < -0.39 is 0 Å². The van der Waals surface area contributed by atoms with Gasteiger partial charge in [0, 0.05) is 49.8 Å². The Labute approximate surface area is 154 Å². The van der Waals surface area contributed by atoms with Crippen LogP contribution in [0.4, 0.5) is 10.8 Å². The minimum atomic E-state index is -0.277. The Balaban J connectivity index is 1.48. The highest BCUT2D eigenvalue weighted by molar-refractivity contribution is 7.14. The Bertz CT molecular complexity index is 915. The van der Waals surface area contributed by atoms with E-state index in [-0.39, 0.29) is 5.91 Å². The predicted molar refractivity (Wildman–Crippen MR) is 99.5 cm³/mol. The van der Waals surface area contributed by atoms with Crippen LogP contribution in [0.15, 0.2) is 36.1 Å². The third kappa shape index (κ3) is 3.44. The van der Waals surface area contributed by atoms with Gasteiger partial charge in [-0.05, 0) is 12.1 Å². The van der Waals surface area contributed by atoms with Crippen LogP contribution in [0.3, 0.4) is 0 Å². The molecule has 0 saturated carbocycles. The van der Waals surface area contributed by atoms with Crippen molar-refractivity contribution in [3.63, 3.8) is 0 Å². The number of rotatable bonds is 4. The highest BCUT2D eigenvalue weighted by Crippen LogP contribution is 2.24. The number of thiazole rings is 1. The molecular weight excluding hydrogens is 352 g/mol. The molecule has 0 bridgehead atoms. The molecule has 1 aliphatic heterocycles. The highest BCUT2D eigenvalue weighted by atomic mass is 32.1. The lowest BCUT2D eigenvalue weighted by molar-refractivity contribution is 0.102. The zero-order valence-electron chi connectivity index (χ0n) is 14.3. The van der Waals surface area contributed by atoms with Gasteiger partial charge in [0.2, 0.25) is 0 Å². The lowest BCUT2D eigenvalue weighted by atomic mass is 10.2. The van der Waals surface area contributed by atoms with Crippen LogP contribution in [0.25, 0.3) is 11.5 Å². The fourth-order valence-corrected chi connectivity index (χ4v) is 3.45. The van der Waals surface area contributed by atoms with Crippen LogP contribution in [-0.2, 0) is 11.8 Å². The standard InChI is InChI=1S/C17H18N6O2S/c1-22-5-4-19-15(22)14-11-26-17(20-14)21-16(24)13-10-12(2-3-18-13)23-6-8-25-9-7-23/h2-5,10-11H,6-9H2,1H3,(H,20,21,24). The summed E-state index contributed by atoms with van der Waals surface area (Å²) >= 11 is 1.36. The summed E-state index contributed by atoms with van der Waals surface area (Å²) in [7, 11) is 1.90. The molecule has 0 aliphatic carbocycles. The first-order valence-electron chi connectivity index (χ1n) is 8.24. The molecule has 0 atom stereocenters. The van der Waals surface area contributed by atoms with Crippen molar-refractivity contribution in [1.29, 1.82) is 0 Å². The van der Waals surface area contributed by atoms with Crippen molar-refractivity contribution in [2.24, 2.45) is 7.05 Å². The normalized spacial score (nSPS) is 14.4. The topological polar surface area (TPSA) is 85.2 Å². The Kier molecular flexibility index (Phi) is 4.63. The first-order chi connectivity index (χ1) is 12.7. The minimum Gasteiger partial charge on any atom is -0.378 e. The van der Waals surface area contributed by atoms with Crippen molar-refractivity contribution in [2.45, 2.75) is 0 Å². The Morgan fingerprint density at radius 2 is 2.12 bits per heavy atom. The number of carbonyl (C=O) groups excluding carboxylic acids is 1. The molecule has 1 aliphatic rings. The quantitative estimate of drug-likeness (QED) is 0.756. The van der Waals surface area contributed by atoms with Crippen molar-refractivity contribution in [1.82, 2.24) is 19.5 Å². The van der Waals surface area contributed by atoms with Crippen LogP contribution in [0.2, 0.25) is 0 Å². The number of ether oxygens (including phenoxy) is 1. The summed E-state index contributed by atoms with van der Waals surface area (Å²) in [4.78, 5) is 27.6. The number of imidazole rings is 1. The number of carbonyl (C=O) groups is 1. The number of morpholine rings is 1. The first-order valence-corrected chi connectivity index (χ1v) is 9.12. The molecule has 0 aromatic carbocycles. The van der Waals surface area contributed by atoms with Crippen molar-refractivity contribution in [3.05, 3.63) is 41.8 Å². The van der Waals surface area contributed by atoms with Crippen LogP contribution in [-0.4, -0.2) is 51.7 Å². The van der Waals surface area contributed by atoms with Crippen molar-refractivity contribution < 1.29 is 9.53 Å². The van der Waals surface area contributed by atoms with Gasteiger partial charge in [-0.15, -0.1) is 11.3 Å². The van der Waals surface area contributed by atoms with Crippen molar-refractivity contribution in [2.75, 3.05) is 36.5 Å². The van der Waals surface area contributed by atoms with Gasteiger partial charge in [0.05, 0.1) is 13.2 Å². The minimum absolute atomic E-state index is 0.277. The number of nitrogens with one attached hydrogen (secondary N) is 1. The Morgan fingerprint density at radius 1 is 1.27 bits per heavy atom. The second-order valence-corrected chi connectivity index (χ2v) is 6.71. The molecular formula is C17H18N6O2S. The number of anilines is 2. The smallest absolute Gasteiger partial charge is 0.276 e. The van der Waals surface area contributed by atoms with Gasteiger partial charge in [0.15, 0.2) is 11.0 Å². The fourth-order valence-electron chi connectivity index (χ4n) is 2.77. The van der Waals surface area contributed by atoms with E-state index in [1.807, 2.05) is 29.3 Å². The molecule has 26 heavy (non-hydrogen) atoms. The molecule has 1 saturated heterocycles. The number of aryl methyl sites for hydroxylation is 1. The average Bonchev–Trinajstić information content (AvgIpc) is 3.31. The summed E-state index contributed by atoms with van der Waals surface area (Å²) in [6, 6.07) is 3.71. The number of hydrogen-bond donors (Lipinski definition) is 1. The lowest BCUT2D eigenvalue weighted by Crippen LogP contribution is -2.36. The molecule has 134 valence electrons. The van der Waals surface area contributed by atoms with Gasteiger partial charge in [0.1, 0.15) is 11.4 Å². The van der Waals surface area contributed by atoms with Crippen LogP contribution < -0.4 is 10.2 Å². The van der Waals surface area contributed by atoms with Gasteiger partial charge < -0.3 is 14.2 Å². The summed E-state index contributed by atoms with van der Waals surface area (Å²) in [6.45, 7) is 3.01. The van der Waals surface area contributed by atoms with Crippen LogP contribution in [0.1, 0.15) is 10.5 Å². The summed E-state index contributed by atoms with van der Waals surface area (Å²) in [5.74, 6) is 0.482. The zero-order chi connectivity index (χ0) is 17.9. The summed E-state index contributed by atoms with van der Waals surface area (Å²) < 4.78 is 7.25. The molecule has 0 spiro atoms. The van der Waals surface area contributed by atoms with Crippen LogP contribution in [0, 0.1) is 0 Å². The van der Waals surface area contributed by atoms with Crippen molar-refractivity contribution >= 4 is 28.1 Å². The van der Waals surface area contributed by atoms with Crippen LogP contribution >= 0.6 is 11.3 Å². The SMILES string of the molecule is Cn1ccnc1-c1csc(NC(=O)c2cc(N3CCOCC3)ccn2)n1. The third-order valence-corrected chi connectivity index (χ3v) is 4.89. The maximum Gasteiger partial charge on any atom is 0.276 e. The number of aromatic nitrogens is 4. The molecule has 9 heteroatoms. The molecule has 3 aromatic rings. The third-order valence-electron chi connectivity index (χ3n) is 4.13. The van der Waals surface area contributed by atoms with E-state index in [1.54, 1.807) is 18.5 Å². The second kappa shape index (κ2) is 7.22. The number of hydrogen-bond acceptors (Lipinski definition) is 7. The number of amides is 1. The van der Waals surface area contributed by atoms with E-state index >= 15 is 0 Å². The molecule has 0 radical (unpaired) electrons. The Morgan fingerprint density at radius 3 is 2.88 bits per heavy atom. The van der Waals surface area contributed by atoms with Gasteiger partial charge in [-0.3, -0.25) is 15.1 Å². The molecule has 1 fully saturated rings. The first kappa shape index (κ1) is 16.7. The van der Waals surface area contributed by atoms with E-state index in [4.69, 9.17) is 4.74 Å². The number of pyridine rings is 1. The molecule has 4 rings (SSSR count).